The molecule has 2 heteroatoms. The summed E-state index contributed by atoms with van der Waals surface area (Å²) in [6, 6.07) is 51.9. The van der Waals surface area contributed by atoms with Crippen LogP contribution in [0.5, 0.6) is 0 Å². The molecule has 6 aromatic rings. The number of fused-ring (bicyclic) bond motifs is 9. The van der Waals surface area contributed by atoms with Crippen LogP contribution < -0.4 is 5.73 Å². The third-order valence-electron chi connectivity index (χ3n) is 17.0. The van der Waals surface area contributed by atoms with Crippen LogP contribution in [0.3, 0.4) is 0 Å². The van der Waals surface area contributed by atoms with Gasteiger partial charge in [0.2, 0.25) is 0 Å². The van der Waals surface area contributed by atoms with E-state index in [1.807, 2.05) is 55.4 Å². The zero-order valence-corrected chi connectivity index (χ0v) is 61.7. The molecule has 2 nitrogen and oxygen atoms in total. The van der Waals surface area contributed by atoms with Gasteiger partial charge in [-0.15, -0.1) is 0 Å². The molecule has 9 rings (SSSR count). The Labute approximate surface area is 559 Å². The Morgan fingerprint density at radius 1 is 0.267 bits per heavy atom. The van der Waals surface area contributed by atoms with Crippen LogP contribution in [0.25, 0.3) is 33.4 Å². The molecule has 3 N–H and O–H groups in total. The molecule has 0 aromatic heterocycles. The fourth-order valence-electron chi connectivity index (χ4n) is 12.0. The Kier molecular flexibility index (Phi) is 47.8. The summed E-state index contributed by atoms with van der Waals surface area (Å²) in [7, 11) is 0. The molecule has 3 aliphatic carbocycles. The third-order valence-corrected chi connectivity index (χ3v) is 17.0. The second-order valence-electron chi connectivity index (χ2n) is 27.6. The van der Waals surface area contributed by atoms with Crippen molar-refractivity contribution in [3.63, 3.8) is 0 Å². The topological polar surface area (TPSA) is 46.2 Å². The molecular weight excluding hydrogens is 1090 g/mol. The lowest BCUT2D eigenvalue weighted by molar-refractivity contribution is 0.0680. The summed E-state index contributed by atoms with van der Waals surface area (Å²) in [5, 5.41) is 9.52. The molecule has 0 heterocycles. The number of nitrogens with two attached hydrogens (primary N) is 1. The standard InChI is InChI=1S/C15H32.C14H31N.C14H30O.3C13H10.3C2H6/c1-5-6-7-8-9-10-11-12-13-14-15(2,3)4;2*1-4-5-6-7-8-9-10-11-12-13-14(2,3)15;3*1-3-7-12-10(5-1)9-11-6-2-4-8-13(11)12;3*1-2/h5-14H2,1-4H3;4-13,15H2,1-3H3;15H,4-13H2,1-3H3;3*1-8H,9H2;3*1-2H3. The van der Waals surface area contributed by atoms with Crippen molar-refractivity contribution in [2.45, 2.75) is 334 Å². The van der Waals surface area contributed by atoms with Crippen molar-refractivity contribution in [3.05, 3.63) is 179 Å². The van der Waals surface area contributed by atoms with Crippen molar-refractivity contribution >= 4 is 0 Å². The highest BCUT2D eigenvalue weighted by atomic mass is 16.3. The first kappa shape index (κ1) is 83.3. The summed E-state index contributed by atoms with van der Waals surface area (Å²) in [5.41, 5.74) is 23.3. The van der Waals surface area contributed by atoms with E-state index in [1.165, 1.54) is 253 Å². The Balaban J connectivity index is 0.000000530. The van der Waals surface area contributed by atoms with Crippen LogP contribution >= 0.6 is 0 Å². The second-order valence-corrected chi connectivity index (χ2v) is 27.6. The van der Waals surface area contributed by atoms with E-state index in [0.717, 1.165) is 25.7 Å². The summed E-state index contributed by atoms with van der Waals surface area (Å²) >= 11 is 0. The van der Waals surface area contributed by atoms with Crippen molar-refractivity contribution in [3.8, 4) is 33.4 Å². The predicted octanol–water partition coefficient (Wildman–Crippen LogP) is 28.1. The fourth-order valence-corrected chi connectivity index (χ4v) is 12.0. The highest BCUT2D eigenvalue weighted by Crippen LogP contribution is 2.38. The van der Waals surface area contributed by atoms with Gasteiger partial charge in [-0.05, 0) is 138 Å². The molecule has 0 radical (unpaired) electrons. The Bertz CT molecular complexity index is 2200. The average Bonchev–Trinajstić information content (AvgIpc) is 2.35. The maximum Gasteiger partial charge on any atom is 0.0591 e. The smallest absolute Gasteiger partial charge is 0.0591 e. The van der Waals surface area contributed by atoms with Gasteiger partial charge in [0.1, 0.15) is 0 Å². The van der Waals surface area contributed by atoms with Gasteiger partial charge in [0, 0.05) is 5.54 Å². The molecule has 3 aliphatic rings. The lowest BCUT2D eigenvalue weighted by Crippen LogP contribution is -2.31. The maximum absolute atomic E-state index is 9.52. The Morgan fingerprint density at radius 3 is 0.633 bits per heavy atom. The number of rotatable bonds is 29. The van der Waals surface area contributed by atoms with E-state index >= 15 is 0 Å². The molecule has 0 bridgehead atoms. The summed E-state index contributed by atoms with van der Waals surface area (Å²) in [6.45, 7) is 33.9. The fraction of sp³-hybridized carbons (Fsp3) is 0.591. The van der Waals surface area contributed by atoms with Gasteiger partial charge in [0.25, 0.3) is 0 Å². The van der Waals surface area contributed by atoms with E-state index < -0.39 is 5.60 Å². The minimum Gasteiger partial charge on any atom is -0.390 e. The molecule has 0 unspecified atom stereocenters. The van der Waals surface area contributed by atoms with Gasteiger partial charge in [-0.2, -0.15) is 0 Å². The molecule has 0 saturated carbocycles. The number of aliphatic hydroxyl groups is 1. The zero-order chi connectivity index (χ0) is 66.7. The average molecular weight is 1230 g/mol. The van der Waals surface area contributed by atoms with Crippen LogP contribution in [0, 0.1) is 5.41 Å². The van der Waals surface area contributed by atoms with Gasteiger partial charge >= 0.3 is 0 Å². The van der Waals surface area contributed by atoms with E-state index in [0.29, 0.717) is 5.41 Å². The molecule has 504 valence electrons. The Morgan fingerprint density at radius 2 is 0.444 bits per heavy atom. The molecule has 0 fully saturated rings. The lowest BCUT2D eigenvalue weighted by Gasteiger charge is -2.17. The maximum atomic E-state index is 9.52. The molecule has 6 aromatic carbocycles. The van der Waals surface area contributed by atoms with E-state index in [2.05, 4.69) is 201 Å². The largest absolute Gasteiger partial charge is 0.390 e. The number of hydrogen-bond acceptors (Lipinski definition) is 2. The van der Waals surface area contributed by atoms with Gasteiger partial charge in [0.15, 0.2) is 0 Å². The molecule has 0 amide bonds. The van der Waals surface area contributed by atoms with Crippen LogP contribution in [0.4, 0.5) is 0 Å². The van der Waals surface area contributed by atoms with Crippen molar-refractivity contribution in [2.24, 2.45) is 11.1 Å². The highest BCUT2D eigenvalue weighted by molar-refractivity contribution is 5.78. The van der Waals surface area contributed by atoms with E-state index in [-0.39, 0.29) is 5.54 Å². The van der Waals surface area contributed by atoms with Gasteiger partial charge in [-0.25, -0.2) is 0 Å². The Hall–Kier alpha value is -4.76. The SMILES string of the molecule is CC.CC.CC.CCCCCCCCCCCC(C)(C)C.CCCCCCCCCCCC(C)(C)N.CCCCCCCCCCCC(C)(C)O.c1ccc2c(c1)Cc1ccccc1-2.c1ccc2c(c1)Cc1ccccc1-2.c1ccc2c(c1)Cc1ccccc1-2. The van der Waals surface area contributed by atoms with Crippen LogP contribution in [0.1, 0.15) is 337 Å². The molecule has 90 heavy (non-hydrogen) atoms. The normalized spacial score (nSPS) is 11.5. The summed E-state index contributed by atoms with van der Waals surface area (Å²) in [5.74, 6) is 0. The highest BCUT2D eigenvalue weighted by Gasteiger charge is 2.19. The van der Waals surface area contributed by atoms with E-state index in [9.17, 15) is 5.11 Å². The third kappa shape index (κ3) is 38.3. The van der Waals surface area contributed by atoms with Gasteiger partial charge in [-0.3, -0.25) is 0 Å². The van der Waals surface area contributed by atoms with Crippen molar-refractivity contribution in [1.82, 2.24) is 0 Å². The molecule has 0 saturated heterocycles. The number of hydrogen-bond donors (Lipinski definition) is 2. The monoisotopic (exact) mass is 1230 g/mol. The van der Waals surface area contributed by atoms with Crippen molar-refractivity contribution in [1.29, 1.82) is 0 Å². The minimum absolute atomic E-state index is 0.0428. The number of benzene rings is 6. The van der Waals surface area contributed by atoms with E-state index in [4.69, 9.17) is 5.73 Å². The molecular formula is C88H141NO. The van der Waals surface area contributed by atoms with E-state index in [1.54, 1.807) is 0 Å². The molecule has 0 spiro atoms. The van der Waals surface area contributed by atoms with Gasteiger partial charge < -0.3 is 10.8 Å². The second kappa shape index (κ2) is 51.7. The minimum atomic E-state index is -0.457. The zero-order valence-electron chi connectivity index (χ0n) is 61.7. The first-order valence-corrected chi connectivity index (χ1v) is 37.5. The van der Waals surface area contributed by atoms with Crippen LogP contribution in [-0.2, 0) is 19.3 Å². The van der Waals surface area contributed by atoms with Crippen molar-refractivity contribution in [2.75, 3.05) is 0 Å². The first-order valence-electron chi connectivity index (χ1n) is 37.5. The first-order chi connectivity index (χ1) is 43.5. The lowest BCUT2D eigenvalue weighted by atomic mass is 9.89. The van der Waals surface area contributed by atoms with Gasteiger partial charge in [-0.1, -0.05) is 402 Å². The number of unbranched alkanes of at least 4 members (excludes halogenated alkanes) is 24. The summed E-state index contributed by atoms with van der Waals surface area (Å²) < 4.78 is 0. The summed E-state index contributed by atoms with van der Waals surface area (Å²) in [6.07, 6.45) is 44.6. The van der Waals surface area contributed by atoms with Crippen molar-refractivity contribution < 1.29 is 5.11 Å². The van der Waals surface area contributed by atoms with Crippen LogP contribution in [0.15, 0.2) is 146 Å². The van der Waals surface area contributed by atoms with Gasteiger partial charge in [0.05, 0.1) is 5.60 Å². The predicted molar refractivity (Wildman–Crippen MR) is 408 cm³/mol. The summed E-state index contributed by atoms with van der Waals surface area (Å²) in [4.78, 5) is 0. The molecule has 0 aliphatic heterocycles. The molecule has 0 atom stereocenters. The quantitative estimate of drug-likeness (QED) is 0.0459. The van der Waals surface area contributed by atoms with Crippen LogP contribution in [-0.4, -0.2) is 16.2 Å². The van der Waals surface area contributed by atoms with Crippen LogP contribution in [0.2, 0.25) is 0 Å².